The van der Waals surface area contributed by atoms with E-state index in [0.29, 0.717) is 24.0 Å². The number of nitrogens with zero attached hydrogens (tertiary/aromatic N) is 5. The molecule has 9 nitrogen and oxygen atoms in total. The number of aromatic nitrogens is 4. The number of likely N-dealkylation sites (tertiary alicyclic amines) is 1. The van der Waals surface area contributed by atoms with Crippen molar-refractivity contribution in [3.63, 3.8) is 0 Å². The minimum atomic E-state index is -0.553. The summed E-state index contributed by atoms with van der Waals surface area (Å²) in [5.41, 5.74) is 4.95. The molecule has 2 aliphatic rings. The van der Waals surface area contributed by atoms with Crippen LogP contribution >= 0.6 is 0 Å². The summed E-state index contributed by atoms with van der Waals surface area (Å²) in [6, 6.07) is 22.0. The molecule has 9 heteroatoms. The first kappa shape index (κ1) is 30.3. The lowest BCUT2D eigenvalue weighted by atomic mass is 9.93. The van der Waals surface area contributed by atoms with Gasteiger partial charge >= 0.3 is 5.97 Å². The van der Waals surface area contributed by atoms with Crippen molar-refractivity contribution in [1.82, 2.24) is 24.4 Å². The Morgan fingerprint density at radius 2 is 1.80 bits per heavy atom. The summed E-state index contributed by atoms with van der Waals surface area (Å²) in [6.07, 6.45) is 5.05. The Labute approximate surface area is 269 Å². The van der Waals surface area contributed by atoms with Gasteiger partial charge in [0.05, 0.1) is 41.3 Å². The summed E-state index contributed by atoms with van der Waals surface area (Å²) >= 11 is 0. The van der Waals surface area contributed by atoms with Crippen LogP contribution in [0.2, 0.25) is 0 Å². The predicted molar refractivity (Wildman–Crippen MR) is 177 cm³/mol. The SMILES string of the molecule is CC(C)(C)OC(=O)c1ccc2nc(CN3CCC(c4cccc(OCc5ccc6cccnc6c5)n4)CC3)n(C[C@@H]3CCO3)c2c1. The van der Waals surface area contributed by atoms with Crippen LogP contribution in [0, 0.1) is 0 Å². The number of carbonyl (C=O) groups excluding carboxylic acids is 1. The second-order valence-electron chi connectivity index (χ2n) is 13.4. The average Bonchev–Trinajstić information content (AvgIpc) is 3.37. The highest BCUT2D eigenvalue weighted by atomic mass is 16.6. The highest BCUT2D eigenvalue weighted by Gasteiger charge is 2.27. The molecule has 2 aliphatic heterocycles. The van der Waals surface area contributed by atoms with Gasteiger partial charge in [-0.1, -0.05) is 24.3 Å². The van der Waals surface area contributed by atoms with Gasteiger partial charge in [0.15, 0.2) is 0 Å². The number of imidazole rings is 1. The van der Waals surface area contributed by atoms with E-state index in [1.807, 2.05) is 63.4 Å². The Bertz CT molecular complexity index is 1850. The van der Waals surface area contributed by atoms with Crippen LogP contribution in [0.1, 0.15) is 73.4 Å². The van der Waals surface area contributed by atoms with Gasteiger partial charge in [-0.3, -0.25) is 9.88 Å². The van der Waals surface area contributed by atoms with Gasteiger partial charge in [0, 0.05) is 35.9 Å². The van der Waals surface area contributed by atoms with Crippen LogP contribution < -0.4 is 4.74 Å². The van der Waals surface area contributed by atoms with E-state index < -0.39 is 5.60 Å². The Morgan fingerprint density at radius 1 is 0.957 bits per heavy atom. The van der Waals surface area contributed by atoms with Crippen molar-refractivity contribution in [3.8, 4) is 5.88 Å². The van der Waals surface area contributed by atoms with Crippen molar-refractivity contribution in [3.05, 3.63) is 95.6 Å². The van der Waals surface area contributed by atoms with Crippen molar-refractivity contribution < 1.29 is 19.0 Å². The van der Waals surface area contributed by atoms with Crippen molar-refractivity contribution in [2.24, 2.45) is 0 Å². The molecule has 0 amide bonds. The molecule has 7 rings (SSSR count). The normalized spacial score (nSPS) is 17.7. The van der Waals surface area contributed by atoms with Crippen molar-refractivity contribution in [1.29, 1.82) is 0 Å². The first-order chi connectivity index (χ1) is 22.3. The maximum Gasteiger partial charge on any atom is 0.338 e. The van der Waals surface area contributed by atoms with Gasteiger partial charge in [0.25, 0.3) is 0 Å². The number of hydrogen-bond donors (Lipinski definition) is 0. The standard InChI is InChI=1S/C37H41N5O4/c1-37(2,3)46-36(43)28-11-12-31-33(21-28)42(22-29-15-19-44-29)34(39-31)23-41-17-13-27(14-18-41)30-7-4-8-35(40-30)45-24-25-9-10-26-6-5-16-38-32(26)20-25/h4-12,16,20-21,27,29H,13-15,17-19,22-24H2,1-3H3/t29-/m0/s1. The first-order valence-electron chi connectivity index (χ1n) is 16.3. The fraction of sp³-hybridized carbons (Fsp3) is 0.405. The molecule has 5 heterocycles. The summed E-state index contributed by atoms with van der Waals surface area (Å²) in [7, 11) is 0. The minimum absolute atomic E-state index is 0.172. The number of hydrogen-bond acceptors (Lipinski definition) is 8. The molecule has 2 fully saturated rings. The van der Waals surface area contributed by atoms with Crippen LogP contribution in [-0.2, 0) is 29.2 Å². The van der Waals surface area contributed by atoms with Crippen LogP contribution in [0.25, 0.3) is 21.9 Å². The maximum atomic E-state index is 12.8. The fourth-order valence-electron chi connectivity index (χ4n) is 6.28. The quantitative estimate of drug-likeness (QED) is 0.169. The Kier molecular flexibility index (Phi) is 8.44. The third-order valence-electron chi connectivity index (χ3n) is 8.81. The number of ether oxygens (including phenoxy) is 3. The number of fused-ring (bicyclic) bond motifs is 2. The monoisotopic (exact) mass is 619 g/mol. The summed E-state index contributed by atoms with van der Waals surface area (Å²) in [5, 5.41) is 1.12. The number of carbonyl (C=O) groups is 1. The molecule has 0 bridgehead atoms. The number of piperidine rings is 1. The van der Waals surface area contributed by atoms with Crippen molar-refractivity contribution in [2.45, 2.75) is 77.4 Å². The zero-order chi connectivity index (χ0) is 31.7. The van der Waals surface area contributed by atoms with Crippen LogP contribution in [-0.4, -0.2) is 61.8 Å². The van der Waals surface area contributed by atoms with Crippen LogP contribution in [0.3, 0.4) is 0 Å². The molecule has 0 unspecified atom stereocenters. The summed E-state index contributed by atoms with van der Waals surface area (Å²) < 4.78 is 19.8. The topological polar surface area (TPSA) is 91.6 Å². The van der Waals surface area contributed by atoms with E-state index >= 15 is 0 Å². The third-order valence-corrected chi connectivity index (χ3v) is 8.81. The lowest BCUT2D eigenvalue weighted by Gasteiger charge is -2.32. The number of esters is 1. The van der Waals surface area contributed by atoms with Gasteiger partial charge in [-0.15, -0.1) is 0 Å². The van der Waals surface area contributed by atoms with E-state index in [-0.39, 0.29) is 12.1 Å². The Balaban J connectivity index is 1.00. The van der Waals surface area contributed by atoms with Gasteiger partial charge in [0.2, 0.25) is 5.88 Å². The second-order valence-corrected chi connectivity index (χ2v) is 13.4. The van der Waals surface area contributed by atoms with Gasteiger partial charge in [-0.25, -0.2) is 14.8 Å². The molecule has 2 aromatic carbocycles. The molecule has 0 spiro atoms. The molecular weight excluding hydrogens is 578 g/mol. The van der Waals surface area contributed by atoms with Crippen molar-refractivity contribution in [2.75, 3.05) is 19.7 Å². The van der Waals surface area contributed by atoms with E-state index in [9.17, 15) is 4.79 Å². The molecule has 238 valence electrons. The third kappa shape index (κ3) is 6.90. The molecule has 5 aromatic rings. The van der Waals surface area contributed by atoms with Crippen LogP contribution in [0.5, 0.6) is 5.88 Å². The zero-order valence-electron chi connectivity index (χ0n) is 26.8. The molecule has 0 N–H and O–H groups in total. The summed E-state index contributed by atoms with van der Waals surface area (Å²) in [6.45, 7) is 10.3. The molecule has 46 heavy (non-hydrogen) atoms. The van der Waals surface area contributed by atoms with E-state index in [0.717, 1.165) is 91.1 Å². The van der Waals surface area contributed by atoms with Gasteiger partial charge in [0.1, 0.15) is 18.0 Å². The second kappa shape index (κ2) is 12.8. The lowest BCUT2D eigenvalue weighted by Crippen LogP contribution is -2.35. The maximum absolute atomic E-state index is 12.8. The zero-order valence-corrected chi connectivity index (χ0v) is 26.8. The highest BCUT2D eigenvalue weighted by Crippen LogP contribution is 2.30. The Morgan fingerprint density at radius 3 is 2.59 bits per heavy atom. The molecule has 1 atom stereocenters. The van der Waals surface area contributed by atoms with Crippen molar-refractivity contribution >= 4 is 27.9 Å². The van der Waals surface area contributed by atoms with Crippen LogP contribution in [0.15, 0.2) is 72.9 Å². The summed E-state index contributed by atoms with van der Waals surface area (Å²) in [4.78, 5) is 29.7. The molecule has 3 aromatic heterocycles. The fourth-order valence-corrected chi connectivity index (χ4v) is 6.28. The minimum Gasteiger partial charge on any atom is -0.473 e. The van der Waals surface area contributed by atoms with E-state index in [1.54, 1.807) is 0 Å². The number of pyridine rings is 2. The molecule has 0 radical (unpaired) electrons. The number of benzene rings is 2. The van der Waals surface area contributed by atoms with Gasteiger partial charge in [-0.2, -0.15) is 0 Å². The van der Waals surface area contributed by atoms with E-state index in [4.69, 9.17) is 24.2 Å². The van der Waals surface area contributed by atoms with Crippen LogP contribution in [0.4, 0.5) is 0 Å². The molecule has 2 saturated heterocycles. The van der Waals surface area contributed by atoms with E-state index in [2.05, 4.69) is 44.8 Å². The van der Waals surface area contributed by atoms with Gasteiger partial charge in [-0.05, 0) is 95.1 Å². The molecule has 0 aliphatic carbocycles. The average molecular weight is 620 g/mol. The van der Waals surface area contributed by atoms with Gasteiger partial charge < -0.3 is 18.8 Å². The smallest absolute Gasteiger partial charge is 0.338 e. The summed E-state index contributed by atoms with van der Waals surface area (Å²) in [5.74, 6) is 1.71. The van der Waals surface area contributed by atoms with E-state index in [1.165, 1.54) is 0 Å². The first-order valence-corrected chi connectivity index (χ1v) is 16.3. The largest absolute Gasteiger partial charge is 0.473 e. The Hall–Kier alpha value is -4.34. The molecule has 0 saturated carbocycles. The lowest BCUT2D eigenvalue weighted by molar-refractivity contribution is -0.0592. The highest BCUT2D eigenvalue weighted by molar-refractivity contribution is 5.94. The number of rotatable bonds is 9. The molecular formula is C37H41N5O4. The predicted octanol–water partition coefficient (Wildman–Crippen LogP) is 6.68.